The van der Waals surface area contributed by atoms with Crippen molar-refractivity contribution in [3.05, 3.63) is 186 Å². The number of amides is 2. The Morgan fingerprint density at radius 3 is 0.938 bits per heavy atom. The monoisotopic (exact) mass is 1160 g/mol. The molecule has 22 heteroatoms. The number of halogens is 8. The Morgan fingerprint density at radius 1 is 0.438 bits per heavy atom. The molecule has 0 unspecified atom stereocenters. The summed E-state index contributed by atoms with van der Waals surface area (Å²) < 4.78 is 78.0. The van der Waals surface area contributed by atoms with Gasteiger partial charge in [-0.2, -0.15) is 0 Å². The predicted octanol–water partition coefficient (Wildman–Crippen LogP) is 9.81. The van der Waals surface area contributed by atoms with Crippen LogP contribution in [-0.2, 0) is 84.6 Å². The molecule has 4 heterocycles. The maximum absolute atomic E-state index is 12.0. The van der Waals surface area contributed by atoms with E-state index in [9.17, 15) is 44.1 Å². The van der Waals surface area contributed by atoms with Crippen LogP contribution in [0, 0.1) is 155 Å². The van der Waals surface area contributed by atoms with E-state index in [4.69, 9.17) is 0 Å². The fourth-order valence-electron chi connectivity index (χ4n) is 5.07. The van der Waals surface area contributed by atoms with Crippen molar-refractivity contribution in [1.82, 2.24) is 19.9 Å². The van der Waals surface area contributed by atoms with Gasteiger partial charge in [0, 0.05) is 63.0 Å². The molecule has 0 bridgehead atoms. The molecule has 4 aromatic rings. The van der Waals surface area contributed by atoms with Gasteiger partial charge in [0.15, 0.2) is 11.3 Å². The molecule has 20 radical (unpaired) electrons. The Balaban J connectivity index is 0. The second-order valence-corrected chi connectivity index (χ2v) is 12.5. The summed E-state index contributed by atoms with van der Waals surface area (Å²) >= 11 is 0. The first-order chi connectivity index (χ1) is 28.3. The average Bonchev–Trinajstić information content (AvgIpc) is 4.00. The van der Waals surface area contributed by atoms with Crippen LogP contribution in [0.4, 0.5) is 46.2 Å². The molecule has 4 aliphatic rings. The van der Waals surface area contributed by atoms with Gasteiger partial charge < -0.3 is 45.2 Å². The summed E-state index contributed by atoms with van der Waals surface area (Å²) in [7, 11) is -12.0. The summed E-state index contributed by atoms with van der Waals surface area (Å²) in [6.07, 6.45) is 34.4. The number of carbonyl (C=O) groups excluding carboxylic acids is 2. The number of anilines is 2. The Bertz CT molecular complexity index is 1810. The normalized spacial score (nSPS) is 15.4. The maximum atomic E-state index is 12.0. The smallest absolute Gasteiger partial charge is 0.418 e. The van der Waals surface area contributed by atoms with Crippen molar-refractivity contribution in [2.45, 2.75) is 27.7 Å². The molecule has 344 valence electrons. The number of rotatable bonds is 4. The third-order valence-electron chi connectivity index (χ3n) is 7.46. The van der Waals surface area contributed by atoms with Gasteiger partial charge in [-0.25, -0.2) is 19.9 Å². The first-order valence-corrected chi connectivity index (χ1v) is 17.9. The Labute approximate surface area is 420 Å². The van der Waals surface area contributed by atoms with Gasteiger partial charge >= 0.3 is 48.6 Å². The first-order valence-electron chi connectivity index (χ1n) is 17.9. The van der Waals surface area contributed by atoms with Crippen LogP contribution >= 0.6 is 0 Å². The molecule has 8 nitrogen and oxygen atoms in total. The van der Waals surface area contributed by atoms with E-state index in [0.717, 1.165) is 33.3 Å². The minimum Gasteiger partial charge on any atom is -0.418 e. The molecule has 0 aliphatic heterocycles. The van der Waals surface area contributed by atoms with Crippen molar-refractivity contribution in [2.24, 2.45) is 0 Å². The zero-order valence-corrected chi connectivity index (χ0v) is 39.3. The first kappa shape index (κ1) is 64.1. The summed E-state index contributed by atoms with van der Waals surface area (Å²) in [6.45, 7) is 7.93. The van der Waals surface area contributed by atoms with Crippen LogP contribution in [0.2, 0.25) is 0 Å². The number of pyridine rings is 4. The summed E-state index contributed by atoms with van der Waals surface area (Å²) in [5.74, 6) is 1.96. The van der Waals surface area contributed by atoms with Crippen LogP contribution in [-0.4, -0.2) is 46.3 Å². The third-order valence-corrected chi connectivity index (χ3v) is 7.46. The van der Waals surface area contributed by atoms with Crippen molar-refractivity contribution in [2.75, 3.05) is 10.6 Å². The van der Waals surface area contributed by atoms with Crippen LogP contribution in [0.5, 0.6) is 0 Å². The molecule has 0 saturated heterocycles. The summed E-state index contributed by atoms with van der Waals surface area (Å²) in [4.78, 5) is 41.6. The molecule has 4 fully saturated rings. The van der Waals surface area contributed by atoms with E-state index in [1.54, 1.807) is 37.8 Å². The van der Waals surface area contributed by atoms with E-state index >= 15 is 0 Å². The van der Waals surface area contributed by atoms with Crippen molar-refractivity contribution >= 4 is 60.0 Å². The van der Waals surface area contributed by atoms with Crippen molar-refractivity contribution in [1.29, 1.82) is 0 Å². The molecule has 0 spiro atoms. The van der Waals surface area contributed by atoms with E-state index in [2.05, 4.69) is 30.6 Å². The van der Waals surface area contributed by atoms with Gasteiger partial charge in [0.1, 0.15) is 11.6 Å². The van der Waals surface area contributed by atoms with E-state index < -0.39 is 14.5 Å². The molecule has 2 N–H and O–H groups in total. The fraction of sp³-hybridized carbons (Fsp3) is 0.0952. The number of hydrogen-bond donors (Lipinski definition) is 2. The number of hydrogen-bond acceptors (Lipinski definition) is 6. The largest absolute Gasteiger partial charge is 2.00 e. The number of aromatic nitrogens is 4. The van der Waals surface area contributed by atoms with Crippen LogP contribution in [0.1, 0.15) is 22.5 Å². The summed E-state index contributed by atoms with van der Waals surface area (Å²) in [5.41, 5.74) is 5.41. The zero-order chi connectivity index (χ0) is 44.3. The van der Waals surface area contributed by atoms with Crippen molar-refractivity contribution < 1.29 is 119 Å². The van der Waals surface area contributed by atoms with Gasteiger partial charge in [-0.3, -0.25) is 9.59 Å². The zero-order valence-electron chi connectivity index (χ0n) is 34.0. The Kier molecular flexibility index (Phi) is 32.7. The van der Waals surface area contributed by atoms with Gasteiger partial charge in [-0.1, -0.05) is 0 Å². The van der Waals surface area contributed by atoms with Gasteiger partial charge in [0.25, 0.3) is 0 Å². The molecule has 64 heavy (non-hydrogen) atoms. The molecule has 8 rings (SSSR count). The number of carbonyl (C=O) groups is 2. The second kappa shape index (κ2) is 32.7. The van der Waals surface area contributed by atoms with Gasteiger partial charge in [-0.05, 0) is 191 Å². The van der Waals surface area contributed by atoms with Crippen molar-refractivity contribution in [3.8, 4) is 0 Å². The van der Waals surface area contributed by atoms with E-state index in [-0.39, 0.29) is 86.8 Å². The minimum atomic E-state index is -6.00. The molecule has 0 aromatic carbocycles. The van der Waals surface area contributed by atoms with Crippen LogP contribution in [0.25, 0.3) is 22.1 Å². The van der Waals surface area contributed by atoms with Crippen molar-refractivity contribution in [3.63, 3.8) is 0 Å². The molecule has 2 amide bonds. The van der Waals surface area contributed by atoms with Crippen LogP contribution in [0.3, 0.4) is 0 Å². The number of nitrogens with zero attached hydrogens (tertiary/aromatic N) is 4. The van der Waals surface area contributed by atoms with E-state index in [1.165, 1.54) is 0 Å². The topological polar surface area (TPSA) is 110 Å². The number of nitrogens with one attached hydrogen (secondary N) is 2. The molecular formula is C42H38B2F8Fe2N6O2Pd2+2. The number of aryl methyl sites for hydroxylation is 4. The Morgan fingerprint density at radius 2 is 0.688 bits per heavy atom. The summed E-state index contributed by atoms with van der Waals surface area (Å²) in [6, 6.07) is 11.5. The fourth-order valence-corrected chi connectivity index (χ4v) is 5.07. The molecule has 4 aliphatic carbocycles. The van der Waals surface area contributed by atoms with Gasteiger partial charge in [-0.15, -0.1) is 0 Å². The predicted molar refractivity (Wildman–Crippen MR) is 220 cm³/mol. The average molecular weight is 1160 g/mol. The SMILES string of the molecule is Cc1cc(C)c2ccc(NC(=O)[C]3[CH][CH][CH][CH]3)nc2n1.Cc1cc(C)c2ccc(NC(=O)[C]3[CH][CH][CH][CH]3)nc2n1.F[B-](F)(F)F.F[B-](F)(F)F.[CH]1[CH][CH][CH][CH]1.[CH]1[CH][CH][CH][CH]1.[Fe+2].[Fe+2].[Pd].[Pd]. The molecule has 4 aromatic heterocycles. The van der Waals surface area contributed by atoms with Crippen LogP contribution in [0.15, 0.2) is 36.4 Å². The van der Waals surface area contributed by atoms with Gasteiger partial charge in [0.05, 0.1) is 11.8 Å². The Hall–Kier alpha value is -2.01. The van der Waals surface area contributed by atoms with E-state index in [0.29, 0.717) is 34.8 Å². The molecule has 0 atom stereocenters. The summed E-state index contributed by atoms with van der Waals surface area (Å²) in [5, 5.41) is 7.57. The van der Waals surface area contributed by atoms with E-state index in [1.807, 2.05) is 142 Å². The van der Waals surface area contributed by atoms with Gasteiger partial charge in [0.2, 0.25) is 11.8 Å². The number of fused-ring (bicyclic) bond motifs is 2. The molecule has 4 saturated carbocycles. The second-order valence-electron chi connectivity index (χ2n) is 12.5. The minimum absolute atomic E-state index is 0. The maximum Gasteiger partial charge on any atom is 2.00 e. The third kappa shape index (κ3) is 27.0. The standard InChI is InChI=1S/2C16H14N3O.2C5H5.2BF4.2Fe.2Pd/c2*1-10-9-11(2)17-15-13(10)7-8-14(18-15)19-16(20)12-5-3-4-6-12;2*1-2-4-5-3-1;2*2-1(3,4)5;;;;/h2*3-9H,1-2H3,(H,17,18,19,20);2*1-5H;;;;;;/q;;;;2*-1;2*+2;;. The molecular weight excluding hydrogens is 1120 g/mol. The quantitative estimate of drug-likeness (QED) is 0.156. The van der Waals surface area contributed by atoms with Crippen LogP contribution < -0.4 is 10.6 Å².